The molecular formula is C22H34O7. The fourth-order valence-electron chi connectivity index (χ4n) is 1.15. The van der Waals surface area contributed by atoms with Gasteiger partial charge in [0.05, 0.1) is 13.2 Å². The van der Waals surface area contributed by atoms with Crippen molar-refractivity contribution in [3.63, 3.8) is 0 Å². The second-order valence-electron chi connectivity index (χ2n) is 6.27. The summed E-state index contributed by atoms with van der Waals surface area (Å²) in [7, 11) is 0. The summed E-state index contributed by atoms with van der Waals surface area (Å²) in [6, 6.07) is 0. The molecule has 0 radical (unpaired) electrons. The Balaban J connectivity index is 0. The molecular weight excluding hydrogens is 376 g/mol. The van der Waals surface area contributed by atoms with Crippen LogP contribution in [0.4, 0.5) is 0 Å². The van der Waals surface area contributed by atoms with Crippen LogP contribution in [0, 0.1) is 0 Å². The predicted molar refractivity (Wildman–Crippen MR) is 112 cm³/mol. The smallest absolute Gasteiger partial charge is 0.333 e. The Labute approximate surface area is 174 Å². The van der Waals surface area contributed by atoms with Gasteiger partial charge in [0.2, 0.25) is 0 Å². The Morgan fingerprint density at radius 2 is 1.38 bits per heavy atom. The van der Waals surface area contributed by atoms with Crippen molar-refractivity contribution >= 4 is 17.9 Å². The van der Waals surface area contributed by atoms with Gasteiger partial charge >= 0.3 is 17.9 Å². The van der Waals surface area contributed by atoms with Gasteiger partial charge in [-0.25, -0.2) is 14.4 Å². The van der Waals surface area contributed by atoms with E-state index >= 15 is 0 Å². The fraction of sp³-hybridized carbons (Fsp3) is 0.500. The number of carbonyl (C=O) groups is 3. The van der Waals surface area contributed by atoms with Crippen molar-refractivity contribution in [2.24, 2.45) is 0 Å². The van der Waals surface area contributed by atoms with E-state index in [2.05, 4.69) is 38.0 Å². The zero-order valence-corrected chi connectivity index (χ0v) is 18.1. The lowest BCUT2D eigenvalue weighted by atomic mass is 10.3. The first-order valence-electron chi connectivity index (χ1n) is 9.27. The Morgan fingerprint density at radius 3 is 1.76 bits per heavy atom. The first-order valence-corrected chi connectivity index (χ1v) is 9.27. The zero-order chi connectivity index (χ0) is 22.8. The van der Waals surface area contributed by atoms with E-state index in [1.807, 2.05) is 0 Å². The minimum Gasteiger partial charge on any atom is -0.462 e. The maximum atomic E-state index is 10.7. The van der Waals surface area contributed by atoms with Crippen molar-refractivity contribution < 1.29 is 33.3 Å². The van der Waals surface area contributed by atoms with Crippen molar-refractivity contribution in [3.05, 3.63) is 49.1 Å². The first-order chi connectivity index (χ1) is 13.6. The summed E-state index contributed by atoms with van der Waals surface area (Å²) in [5, 5.41) is 0. The Kier molecular flexibility index (Phi) is 17.2. The van der Waals surface area contributed by atoms with Gasteiger partial charge in [0.15, 0.2) is 0 Å². The third-order valence-corrected chi connectivity index (χ3v) is 2.91. The number of hydrogen-bond donors (Lipinski definition) is 0. The lowest BCUT2D eigenvalue weighted by Gasteiger charge is -2.01. The number of esters is 3. The van der Waals surface area contributed by atoms with E-state index in [0.717, 1.165) is 12.8 Å². The number of epoxide rings is 1. The van der Waals surface area contributed by atoms with Gasteiger partial charge in [-0.05, 0) is 27.2 Å². The summed E-state index contributed by atoms with van der Waals surface area (Å²) in [5.74, 6) is -0.987. The molecule has 0 bridgehead atoms. The monoisotopic (exact) mass is 410 g/mol. The van der Waals surface area contributed by atoms with E-state index in [9.17, 15) is 14.4 Å². The van der Waals surface area contributed by atoms with Crippen molar-refractivity contribution in [2.45, 2.75) is 46.6 Å². The van der Waals surface area contributed by atoms with E-state index < -0.39 is 0 Å². The molecule has 1 atom stereocenters. The van der Waals surface area contributed by atoms with Gasteiger partial charge in [0.25, 0.3) is 0 Å². The standard InChI is InChI=1S/C8H14O2.C7H10O3.C7H10O2/c1-4-5-6-10-8(9)7(2)3;1-5(2)7(8)10-4-6-3-9-6;1-4-5-9-7(8)6(2)3/h2,4-6H2,1,3H3;6H,1,3-4H2,2H3;4H,1-2,5H2,3H3. The normalized spacial score (nSPS) is 13.2. The van der Waals surface area contributed by atoms with Crippen molar-refractivity contribution in [2.75, 3.05) is 26.4 Å². The van der Waals surface area contributed by atoms with Gasteiger partial charge in [-0.15, -0.1) is 0 Å². The molecule has 0 N–H and O–H groups in total. The Hall–Kier alpha value is -2.67. The summed E-state index contributed by atoms with van der Waals surface area (Å²) in [6.07, 6.45) is 3.63. The van der Waals surface area contributed by atoms with E-state index in [4.69, 9.17) is 14.2 Å². The third-order valence-electron chi connectivity index (χ3n) is 2.91. The highest BCUT2D eigenvalue weighted by Crippen LogP contribution is 2.09. The molecule has 7 nitrogen and oxygen atoms in total. The molecule has 1 heterocycles. The maximum Gasteiger partial charge on any atom is 0.333 e. The van der Waals surface area contributed by atoms with Crippen molar-refractivity contribution in [1.82, 2.24) is 0 Å². The molecule has 1 rings (SSSR count). The summed E-state index contributed by atoms with van der Waals surface area (Å²) in [6.45, 7) is 22.5. The van der Waals surface area contributed by atoms with Crippen LogP contribution in [0.15, 0.2) is 49.1 Å². The quantitative estimate of drug-likeness (QED) is 0.135. The first kappa shape index (κ1) is 28.5. The molecule has 1 unspecified atom stereocenters. The van der Waals surface area contributed by atoms with Gasteiger partial charge in [0.1, 0.15) is 19.3 Å². The third kappa shape index (κ3) is 19.9. The van der Waals surface area contributed by atoms with Crippen LogP contribution in [0.3, 0.4) is 0 Å². The number of carbonyl (C=O) groups excluding carboxylic acids is 3. The van der Waals surface area contributed by atoms with E-state index in [1.165, 1.54) is 6.08 Å². The molecule has 1 saturated heterocycles. The fourth-order valence-corrected chi connectivity index (χ4v) is 1.15. The SMILES string of the molecule is C=C(C)C(=O)OCC1CO1.C=C(C)C(=O)OCCCC.C=CCOC(=O)C(=C)C. The van der Waals surface area contributed by atoms with Gasteiger partial charge in [-0.2, -0.15) is 0 Å². The lowest BCUT2D eigenvalue weighted by molar-refractivity contribution is -0.140. The number of rotatable bonds is 10. The van der Waals surface area contributed by atoms with E-state index in [-0.39, 0.29) is 30.6 Å². The molecule has 164 valence electrons. The van der Waals surface area contributed by atoms with E-state index in [0.29, 0.717) is 36.5 Å². The summed E-state index contributed by atoms with van der Waals surface area (Å²) < 4.78 is 19.0. The molecule has 29 heavy (non-hydrogen) atoms. The second-order valence-corrected chi connectivity index (χ2v) is 6.27. The maximum absolute atomic E-state index is 10.7. The topological polar surface area (TPSA) is 91.4 Å². The highest BCUT2D eigenvalue weighted by atomic mass is 16.6. The molecule has 0 saturated carbocycles. The van der Waals surface area contributed by atoms with Crippen LogP contribution in [-0.2, 0) is 33.3 Å². The number of hydrogen-bond acceptors (Lipinski definition) is 7. The van der Waals surface area contributed by atoms with Crippen molar-refractivity contribution in [1.29, 1.82) is 0 Å². The zero-order valence-electron chi connectivity index (χ0n) is 18.1. The predicted octanol–water partition coefficient (Wildman–Crippen LogP) is 3.70. The second kappa shape index (κ2) is 17.4. The molecule has 0 aromatic carbocycles. The molecule has 1 aliphatic rings. The Morgan fingerprint density at radius 1 is 0.931 bits per heavy atom. The summed E-state index contributed by atoms with van der Waals surface area (Å²) in [4.78, 5) is 31.9. The van der Waals surface area contributed by atoms with Crippen LogP contribution >= 0.6 is 0 Å². The lowest BCUT2D eigenvalue weighted by Crippen LogP contribution is -2.09. The summed E-state index contributed by atoms with van der Waals surface area (Å²) >= 11 is 0. The highest BCUT2D eigenvalue weighted by molar-refractivity contribution is 5.87. The number of unbranched alkanes of at least 4 members (excludes halogenated alkanes) is 1. The van der Waals surface area contributed by atoms with Crippen molar-refractivity contribution in [3.8, 4) is 0 Å². The van der Waals surface area contributed by atoms with Gasteiger partial charge < -0.3 is 18.9 Å². The van der Waals surface area contributed by atoms with Gasteiger partial charge in [0, 0.05) is 16.7 Å². The average Bonchev–Trinajstić information content (AvgIpc) is 3.49. The van der Waals surface area contributed by atoms with Gasteiger partial charge in [-0.3, -0.25) is 0 Å². The highest BCUT2D eigenvalue weighted by Gasteiger charge is 2.24. The van der Waals surface area contributed by atoms with Crippen LogP contribution in [0.5, 0.6) is 0 Å². The molecule has 0 aromatic heterocycles. The minimum absolute atomic E-state index is 0.142. The van der Waals surface area contributed by atoms with E-state index in [1.54, 1.807) is 20.8 Å². The van der Waals surface area contributed by atoms with Crippen LogP contribution in [0.2, 0.25) is 0 Å². The molecule has 0 aliphatic carbocycles. The minimum atomic E-state index is -0.366. The van der Waals surface area contributed by atoms with Crippen LogP contribution < -0.4 is 0 Å². The number of ether oxygens (including phenoxy) is 4. The molecule has 0 spiro atoms. The average molecular weight is 411 g/mol. The molecule has 7 heteroatoms. The molecule has 1 aliphatic heterocycles. The van der Waals surface area contributed by atoms with Crippen LogP contribution in [0.1, 0.15) is 40.5 Å². The summed E-state index contributed by atoms with van der Waals surface area (Å²) in [5.41, 5.74) is 1.31. The molecule has 0 aromatic rings. The van der Waals surface area contributed by atoms with Gasteiger partial charge in [-0.1, -0.05) is 45.7 Å². The van der Waals surface area contributed by atoms with Crippen LogP contribution in [-0.4, -0.2) is 50.4 Å². The van der Waals surface area contributed by atoms with Crippen LogP contribution in [0.25, 0.3) is 0 Å². The molecule has 0 amide bonds. The Bertz CT molecular complexity index is 586. The largest absolute Gasteiger partial charge is 0.462 e. The molecule has 1 fully saturated rings.